The molecule has 2 saturated heterocycles. The Morgan fingerprint density at radius 2 is 1.97 bits per heavy atom. The maximum atomic E-state index is 5.52. The highest BCUT2D eigenvalue weighted by atomic mass is 16.5. The van der Waals surface area contributed by atoms with E-state index in [2.05, 4.69) is 36.9 Å². The minimum absolute atomic E-state index is 0.125. The van der Waals surface area contributed by atoms with Crippen molar-refractivity contribution in [2.45, 2.75) is 32.4 Å². The highest BCUT2D eigenvalue weighted by Gasteiger charge is 2.17. The molecule has 0 unspecified atom stereocenters. The minimum Gasteiger partial charge on any atom is -0.381 e. The number of nitrogens with one attached hydrogen (secondary N) is 3. The molecule has 3 N–H and O–H groups in total. The van der Waals surface area contributed by atoms with Gasteiger partial charge in [0.05, 0.1) is 11.8 Å². The Balaban J connectivity index is 1.33. The van der Waals surface area contributed by atoms with E-state index in [4.69, 9.17) is 19.4 Å². The van der Waals surface area contributed by atoms with Gasteiger partial charge in [-0.3, -0.25) is 4.90 Å². The molecule has 0 spiro atoms. The zero-order chi connectivity index (χ0) is 24.7. The predicted octanol–water partition coefficient (Wildman–Crippen LogP) is 3.11. The summed E-state index contributed by atoms with van der Waals surface area (Å²) >= 11 is 0. The first kappa shape index (κ1) is 24.8. The van der Waals surface area contributed by atoms with Crippen molar-refractivity contribution in [2.75, 3.05) is 63.7 Å². The van der Waals surface area contributed by atoms with Crippen LogP contribution in [-0.4, -0.2) is 77.9 Å². The smallest absolute Gasteiger partial charge is 0.229 e. The monoisotopic (exact) mass is 492 g/mol. The second kappa shape index (κ2) is 11.9. The number of rotatable bonds is 9. The molecule has 2 aliphatic heterocycles. The van der Waals surface area contributed by atoms with Gasteiger partial charge >= 0.3 is 0 Å². The lowest BCUT2D eigenvalue weighted by Gasteiger charge is -2.27. The summed E-state index contributed by atoms with van der Waals surface area (Å²) in [5.74, 6) is 2.52. The molecular weight excluding hydrogens is 456 g/mol. The molecule has 1 atom stereocenters. The summed E-state index contributed by atoms with van der Waals surface area (Å²) in [6.45, 7) is 9.58. The number of hydrogen-bond donors (Lipinski definition) is 3. The van der Waals surface area contributed by atoms with Gasteiger partial charge in [0.2, 0.25) is 5.95 Å². The molecule has 10 nitrogen and oxygen atoms in total. The van der Waals surface area contributed by atoms with Crippen molar-refractivity contribution >= 4 is 28.5 Å². The quantitative estimate of drug-likeness (QED) is 0.412. The summed E-state index contributed by atoms with van der Waals surface area (Å²) in [5, 5.41) is 11.1. The van der Waals surface area contributed by atoms with E-state index in [9.17, 15) is 0 Å². The summed E-state index contributed by atoms with van der Waals surface area (Å²) in [7, 11) is 1.69. The Hall–Kier alpha value is -2.92. The molecule has 0 saturated carbocycles. The van der Waals surface area contributed by atoms with Crippen LogP contribution in [0.2, 0.25) is 0 Å². The lowest BCUT2D eigenvalue weighted by molar-refractivity contribution is 0.0699. The average molecular weight is 493 g/mol. The Morgan fingerprint density at radius 1 is 1.14 bits per heavy atom. The van der Waals surface area contributed by atoms with Gasteiger partial charge in [0.15, 0.2) is 5.82 Å². The molecule has 3 aromatic rings. The molecule has 0 radical (unpaired) electrons. The summed E-state index contributed by atoms with van der Waals surface area (Å²) in [4.78, 5) is 21.2. The zero-order valence-corrected chi connectivity index (χ0v) is 21.2. The molecular formula is C26H36N8O2. The van der Waals surface area contributed by atoms with Crippen LogP contribution < -0.4 is 16.0 Å². The SMILES string of the molecule is CO[C@H](C)c1cc2cnc(Nc3ccc(CN4CCNCC4)cn3)nc2c(NCC2CCOCC2)n1. The van der Waals surface area contributed by atoms with Crippen LogP contribution in [0.15, 0.2) is 30.6 Å². The van der Waals surface area contributed by atoms with Gasteiger partial charge in [0.25, 0.3) is 0 Å². The van der Waals surface area contributed by atoms with Crippen molar-refractivity contribution in [1.82, 2.24) is 30.2 Å². The van der Waals surface area contributed by atoms with Crippen LogP contribution in [0.4, 0.5) is 17.6 Å². The van der Waals surface area contributed by atoms with Gasteiger partial charge in [-0.2, -0.15) is 0 Å². The second-order valence-electron chi connectivity index (χ2n) is 9.54. The van der Waals surface area contributed by atoms with Crippen molar-refractivity contribution in [3.8, 4) is 0 Å². The zero-order valence-electron chi connectivity index (χ0n) is 21.2. The molecule has 2 fully saturated rings. The lowest BCUT2D eigenvalue weighted by Crippen LogP contribution is -2.42. The van der Waals surface area contributed by atoms with E-state index in [1.807, 2.05) is 31.5 Å². The topological polar surface area (TPSA) is 109 Å². The van der Waals surface area contributed by atoms with E-state index >= 15 is 0 Å². The standard InChI is InChI=1S/C26H36N8O2/c1-18(35-2)22-13-21-16-30-26(33-24(21)25(31-22)29-14-19-5-11-36-12-6-19)32-23-4-3-20(15-28-23)17-34-9-7-27-8-10-34/h3-4,13,15-16,18-19,27H,5-12,14,17H2,1-2H3,(H,29,31)(H,28,30,32,33)/t18-/m1/s1. The Morgan fingerprint density at radius 3 is 2.72 bits per heavy atom. The lowest BCUT2D eigenvalue weighted by atomic mass is 10.0. The third-order valence-corrected chi connectivity index (χ3v) is 6.94. The number of ether oxygens (including phenoxy) is 2. The minimum atomic E-state index is -0.125. The molecule has 36 heavy (non-hydrogen) atoms. The number of anilines is 3. The largest absolute Gasteiger partial charge is 0.381 e. The first-order valence-electron chi connectivity index (χ1n) is 12.8. The maximum absolute atomic E-state index is 5.52. The van der Waals surface area contributed by atoms with Crippen molar-refractivity contribution in [1.29, 1.82) is 0 Å². The molecule has 3 aromatic heterocycles. The number of hydrogen-bond acceptors (Lipinski definition) is 10. The number of fused-ring (bicyclic) bond motifs is 1. The molecule has 10 heteroatoms. The summed E-state index contributed by atoms with van der Waals surface area (Å²) in [6, 6.07) is 6.09. The molecule has 5 heterocycles. The van der Waals surface area contributed by atoms with Crippen LogP contribution in [-0.2, 0) is 16.0 Å². The predicted molar refractivity (Wildman–Crippen MR) is 140 cm³/mol. The van der Waals surface area contributed by atoms with Gasteiger partial charge < -0.3 is 25.4 Å². The third-order valence-electron chi connectivity index (χ3n) is 6.94. The molecule has 0 amide bonds. The number of methoxy groups -OCH3 is 1. The van der Waals surface area contributed by atoms with Crippen molar-refractivity contribution < 1.29 is 9.47 Å². The van der Waals surface area contributed by atoms with Gasteiger partial charge in [-0.1, -0.05) is 6.07 Å². The molecule has 5 rings (SSSR count). The fourth-order valence-corrected chi connectivity index (χ4v) is 4.60. The van der Waals surface area contributed by atoms with Crippen LogP contribution >= 0.6 is 0 Å². The molecule has 0 aromatic carbocycles. The van der Waals surface area contributed by atoms with E-state index in [0.717, 1.165) is 87.7 Å². The third kappa shape index (κ3) is 6.25. The van der Waals surface area contributed by atoms with Crippen LogP contribution in [0.25, 0.3) is 10.9 Å². The van der Waals surface area contributed by atoms with Gasteiger partial charge in [-0.05, 0) is 43.4 Å². The van der Waals surface area contributed by atoms with Gasteiger partial charge in [-0.15, -0.1) is 0 Å². The van der Waals surface area contributed by atoms with Crippen LogP contribution in [0.1, 0.15) is 37.1 Å². The fraction of sp³-hybridized carbons (Fsp3) is 0.538. The van der Waals surface area contributed by atoms with Gasteiger partial charge in [0.1, 0.15) is 11.3 Å². The molecule has 192 valence electrons. The summed E-state index contributed by atoms with van der Waals surface area (Å²) in [5.41, 5.74) is 2.83. The molecule has 0 bridgehead atoms. The Labute approximate surface area is 212 Å². The number of aromatic nitrogens is 4. The summed E-state index contributed by atoms with van der Waals surface area (Å²) in [6.07, 6.45) is 5.73. The van der Waals surface area contributed by atoms with Crippen molar-refractivity contribution in [3.05, 3.63) is 41.9 Å². The number of piperazine rings is 1. The highest BCUT2D eigenvalue weighted by Crippen LogP contribution is 2.27. The van der Waals surface area contributed by atoms with E-state index in [-0.39, 0.29) is 6.10 Å². The van der Waals surface area contributed by atoms with Crippen LogP contribution in [0, 0.1) is 5.92 Å². The average Bonchev–Trinajstić information content (AvgIpc) is 2.93. The van der Waals surface area contributed by atoms with Crippen LogP contribution in [0.3, 0.4) is 0 Å². The molecule has 0 aliphatic carbocycles. The molecule has 2 aliphatic rings. The van der Waals surface area contributed by atoms with E-state index in [1.54, 1.807) is 7.11 Å². The van der Waals surface area contributed by atoms with Crippen molar-refractivity contribution in [3.63, 3.8) is 0 Å². The maximum Gasteiger partial charge on any atom is 0.229 e. The van der Waals surface area contributed by atoms with Gasteiger partial charge in [-0.25, -0.2) is 19.9 Å². The van der Waals surface area contributed by atoms with Crippen LogP contribution in [0.5, 0.6) is 0 Å². The Bertz CT molecular complexity index is 1130. The Kier molecular flexibility index (Phi) is 8.17. The van der Waals surface area contributed by atoms with E-state index in [1.165, 1.54) is 5.56 Å². The second-order valence-corrected chi connectivity index (χ2v) is 9.54. The van der Waals surface area contributed by atoms with E-state index in [0.29, 0.717) is 17.7 Å². The first-order chi connectivity index (χ1) is 17.7. The number of pyridine rings is 2. The summed E-state index contributed by atoms with van der Waals surface area (Å²) < 4.78 is 11.0. The van der Waals surface area contributed by atoms with Crippen molar-refractivity contribution in [2.24, 2.45) is 5.92 Å². The number of nitrogens with zero attached hydrogens (tertiary/aromatic N) is 5. The first-order valence-corrected chi connectivity index (χ1v) is 12.8. The van der Waals surface area contributed by atoms with Gasteiger partial charge in [0, 0.05) is 77.4 Å². The highest BCUT2D eigenvalue weighted by molar-refractivity contribution is 5.89. The normalized spacial score (nSPS) is 18.3. The fourth-order valence-electron chi connectivity index (χ4n) is 4.60. The van der Waals surface area contributed by atoms with E-state index < -0.39 is 0 Å².